The van der Waals surface area contributed by atoms with E-state index in [1.165, 1.54) is 15.8 Å². The smallest absolute Gasteiger partial charge is 0.251 e. The molecule has 0 saturated heterocycles. The zero-order valence-corrected chi connectivity index (χ0v) is 19.9. The molecular formula is C28H23ClN2O2S. The van der Waals surface area contributed by atoms with Crippen LogP contribution in [0.1, 0.15) is 32.3 Å². The van der Waals surface area contributed by atoms with Crippen LogP contribution in [0.15, 0.2) is 96.5 Å². The van der Waals surface area contributed by atoms with Crippen LogP contribution in [0.25, 0.3) is 10.9 Å². The van der Waals surface area contributed by atoms with Crippen LogP contribution in [0.2, 0.25) is 5.02 Å². The van der Waals surface area contributed by atoms with Gasteiger partial charge in [-0.2, -0.15) is 0 Å². The topological polar surface area (TPSA) is 54.1 Å². The van der Waals surface area contributed by atoms with Crippen molar-refractivity contribution >= 4 is 39.7 Å². The summed E-state index contributed by atoms with van der Waals surface area (Å²) in [5.74, 6) is 0.738. The summed E-state index contributed by atoms with van der Waals surface area (Å²) in [5.41, 5.74) is 3.90. The second kappa shape index (κ2) is 10.2. The van der Waals surface area contributed by atoms with Gasteiger partial charge in [-0.3, -0.25) is 4.79 Å². The summed E-state index contributed by atoms with van der Waals surface area (Å²) in [6, 6.07) is 27.2. The third-order valence-electron chi connectivity index (χ3n) is 5.79. The Bertz CT molecular complexity index is 1380. The van der Waals surface area contributed by atoms with Gasteiger partial charge in [0.2, 0.25) is 0 Å². The summed E-state index contributed by atoms with van der Waals surface area (Å²) < 4.78 is 5.78. The first kappa shape index (κ1) is 22.3. The third kappa shape index (κ3) is 5.01. The molecule has 0 aliphatic heterocycles. The summed E-state index contributed by atoms with van der Waals surface area (Å²) >= 11 is 7.62. The molecular weight excluding hydrogens is 464 g/mol. The number of amides is 1. The van der Waals surface area contributed by atoms with Crippen LogP contribution in [-0.2, 0) is 6.61 Å². The van der Waals surface area contributed by atoms with Crippen molar-refractivity contribution in [2.75, 3.05) is 6.54 Å². The Kier molecular flexibility index (Phi) is 6.65. The number of ether oxygens (including phenoxy) is 1. The van der Waals surface area contributed by atoms with E-state index in [1.807, 2.05) is 48.5 Å². The highest BCUT2D eigenvalue weighted by molar-refractivity contribution is 7.10. The van der Waals surface area contributed by atoms with E-state index in [0.717, 1.165) is 16.8 Å². The number of fused-ring (bicyclic) bond motifs is 1. The fourth-order valence-corrected chi connectivity index (χ4v) is 4.95. The maximum Gasteiger partial charge on any atom is 0.251 e. The van der Waals surface area contributed by atoms with Crippen molar-refractivity contribution in [3.63, 3.8) is 0 Å². The molecule has 1 atom stereocenters. The predicted molar refractivity (Wildman–Crippen MR) is 139 cm³/mol. The number of H-pyrrole nitrogens is 1. The SMILES string of the molecule is O=C(NCC(c1cccs1)c1c[nH]c2ccccc12)c1ccc(COc2ccc(Cl)cc2)cc1. The average Bonchev–Trinajstić information content (AvgIpc) is 3.55. The lowest BCUT2D eigenvalue weighted by atomic mass is 9.96. The molecule has 1 unspecified atom stereocenters. The number of nitrogens with one attached hydrogen (secondary N) is 2. The van der Waals surface area contributed by atoms with Crippen molar-refractivity contribution in [1.29, 1.82) is 0 Å². The number of hydrogen-bond donors (Lipinski definition) is 2. The normalized spacial score (nSPS) is 11.9. The van der Waals surface area contributed by atoms with Gasteiger partial charge < -0.3 is 15.0 Å². The maximum atomic E-state index is 12.9. The summed E-state index contributed by atoms with van der Waals surface area (Å²) in [4.78, 5) is 17.5. The number of aromatic amines is 1. The van der Waals surface area contributed by atoms with E-state index < -0.39 is 0 Å². The average molecular weight is 487 g/mol. The van der Waals surface area contributed by atoms with Gasteiger partial charge in [-0.25, -0.2) is 0 Å². The molecule has 2 heterocycles. The molecule has 0 bridgehead atoms. The molecule has 34 heavy (non-hydrogen) atoms. The number of carbonyl (C=O) groups is 1. The van der Waals surface area contributed by atoms with Crippen LogP contribution in [0.4, 0.5) is 0 Å². The Hall–Kier alpha value is -3.54. The number of carbonyl (C=O) groups excluding carboxylic acids is 1. The number of rotatable bonds is 8. The lowest BCUT2D eigenvalue weighted by molar-refractivity contribution is 0.0952. The molecule has 0 aliphatic carbocycles. The Morgan fingerprint density at radius 3 is 2.53 bits per heavy atom. The van der Waals surface area contributed by atoms with E-state index in [-0.39, 0.29) is 11.8 Å². The minimum Gasteiger partial charge on any atom is -0.489 e. The zero-order valence-electron chi connectivity index (χ0n) is 18.3. The minimum absolute atomic E-state index is 0.0761. The largest absolute Gasteiger partial charge is 0.489 e. The number of aromatic nitrogens is 1. The van der Waals surface area contributed by atoms with Gasteiger partial charge in [0.05, 0.1) is 0 Å². The summed E-state index contributed by atoms with van der Waals surface area (Å²) in [7, 11) is 0. The second-order valence-electron chi connectivity index (χ2n) is 8.01. The summed E-state index contributed by atoms with van der Waals surface area (Å²) in [6.45, 7) is 0.938. The van der Waals surface area contributed by atoms with Gasteiger partial charge in [0.15, 0.2) is 0 Å². The lowest BCUT2D eigenvalue weighted by Crippen LogP contribution is -2.28. The van der Waals surface area contributed by atoms with E-state index in [4.69, 9.17) is 16.3 Å². The van der Waals surface area contributed by atoms with Crippen molar-refractivity contribution < 1.29 is 9.53 Å². The Balaban J connectivity index is 1.25. The quantitative estimate of drug-likeness (QED) is 0.247. The lowest BCUT2D eigenvalue weighted by Gasteiger charge is -2.16. The first-order valence-corrected chi connectivity index (χ1v) is 12.3. The molecule has 4 nitrogen and oxygen atoms in total. The van der Waals surface area contributed by atoms with Gasteiger partial charge in [0, 0.05) is 45.0 Å². The molecule has 170 valence electrons. The molecule has 0 radical (unpaired) electrons. The highest BCUT2D eigenvalue weighted by Gasteiger charge is 2.20. The van der Waals surface area contributed by atoms with Crippen molar-refractivity contribution in [3.8, 4) is 5.75 Å². The van der Waals surface area contributed by atoms with Crippen molar-refractivity contribution in [2.24, 2.45) is 0 Å². The van der Waals surface area contributed by atoms with E-state index in [2.05, 4.69) is 46.1 Å². The highest BCUT2D eigenvalue weighted by atomic mass is 35.5. The van der Waals surface area contributed by atoms with E-state index in [9.17, 15) is 4.79 Å². The predicted octanol–water partition coefficient (Wildman–Crippen LogP) is 7.02. The molecule has 3 aromatic carbocycles. The van der Waals surface area contributed by atoms with Crippen LogP contribution >= 0.6 is 22.9 Å². The number of halogens is 1. The number of para-hydroxylation sites is 1. The van der Waals surface area contributed by atoms with Crippen molar-refractivity contribution in [1.82, 2.24) is 10.3 Å². The molecule has 0 aliphatic rings. The monoisotopic (exact) mass is 486 g/mol. The van der Waals surface area contributed by atoms with Gasteiger partial charge in [-0.05, 0) is 65.0 Å². The van der Waals surface area contributed by atoms with E-state index in [0.29, 0.717) is 23.7 Å². The van der Waals surface area contributed by atoms with Crippen molar-refractivity contribution in [2.45, 2.75) is 12.5 Å². The molecule has 1 amide bonds. The zero-order chi connectivity index (χ0) is 23.3. The molecule has 6 heteroatoms. The molecule has 0 fully saturated rings. The van der Waals surface area contributed by atoms with E-state index >= 15 is 0 Å². The van der Waals surface area contributed by atoms with Crippen LogP contribution in [0.3, 0.4) is 0 Å². The fourth-order valence-electron chi connectivity index (χ4n) is 3.98. The highest BCUT2D eigenvalue weighted by Crippen LogP contribution is 2.32. The van der Waals surface area contributed by atoms with Gasteiger partial charge in [0.25, 0.3) is 5.91 Å². The van der Waals surface area contributed by atoms with Gasteiger partial charge in [0.1, 0.15) is 12.4 Å². The Morgan fingerprint density at radius 2 is 1.76 bits per heavy atom. The molecule has 2 aromatic heterocycles. The third-order valence-corrected chi connectivity index (χ3v) is 7.02. The first-order chi connectivity index (χ1) is 16.7. The molecule has 5 aromatic rings. The number of thiophene rings is 1. The standard InChI is InChI=1S/C28H23ClN2O2S/c29-21-11-13-22(14-12-21)33-18-19-7-9-20(10-8-19)28(32)31-17-25(27-6-3-15-34-27)24-16-30-26-5-2-1-4-23(24)26/h1-16,25,30H,17-18H2,(H,31,32). The molecule has 0 saturated carbocycles. The minimum atomic E-state index is -0.0911. The second-order valence-corrected chi connectivity index (χ2v) is 9.42. The number of benzene rings is 3. The van der Waals surface area contributed by atoms with Crippen LogP contribution < -0.4 is 10.1 Å². The summed E-state index contributed by atoms with van der Waals surface area (Å²) in [6.07, 6.45) is 2.05. The fraction of sp³-hybridized carbons (Fsp3) is 0.107. The number of hydrogen-bond acceptors (Lipinski definition) is 3. The van der Waals surface area contributed by atoms with Gasteiger partial charge in [-0.15, -0.1) is 11.3 Å². The van der Waals surface area contributed by atoms with Gasteiger partial charge >= 0.3 is 0 Å². The Labute approximate surface area is 207 Å². The van der Waals surface area contributed by atoms with E-state index in [1.54, 1.807) is 23.5 Å². The first-order valence-electron chi connectivity index (χ1n) is 11.0. The Morgan fingerprint density at radius 1 is 0.971 bits per heavy atom. The molecule has 2 N–H and O–H groups in total. The van der Waals surface area contributed by atoms with Crippen LogP contribution in [0, 0.1) is 0 Å². The van der Waals surface area contributed by atoms with Crippen molar-refractivity contribution in [3.05, 3.63) is 123 Å². The van der Waals surface area contributed by atoms with Crippen LogP contribution in [-0.4, -0.2) is 17.4 Å². The maximum absolute atomic E-state index is 12.9. The molecule has 0 spiro atoms. The van der Waals surface area contributed by atoms with Gasteiger partial charge in [-0.1, -0.05) is 48.0 Å². The summed E-state index contributed by atoms with van der Waals surface area (Å²) in [5, 5.41) is 7.06. The van der Waals surface area contributed by atoms with Crippen LogP contribution in [0.5, 0.6) is 5.75 Å². The molecule has 5 rings (SSSR count).